The summed E-state index contributed by atoms with van der Waals surface area (Å²) in [5, 5.41) is 14.4. The predicted molar refractivity (Wildman–Crippen MR) is 88.1 cm³/mol. The van der Waals surface area contributed by atoms with E-state index in [1.807, 2.05) is 36.4 Å². The summed E-state index contributed by atoms with van der Waals surface area (Å²) in [5.41, 5.74) is 3.38. The fraction of sp³-hybridized carbons (Fsp3) is 0.118. The zero-order valence-corrected chi connectivity index (χ0v) is 12.3. The Kier molecular flexibility index (Phi) is 4.25. The van der Waals surface area contributed by atoms with Gasteiger partial charge in [0.05, 0.1) is 6.20 Å². The van der Waals surface area contributed by atoms with Gasteiger partial charge in [-0.25, -0.2) is 0 Å². The third kappa shape index (κ3) is 3.79. The van der Waals surface area contributed by atoms with Crippen molar-refractivity contribution in [3.05, 3.63) is 71.9 Å². The smallest absolute Gasteiger partial charge is 0.249 e. The van der Waals surface area contributed by atoms with Crippen molar-refractivity contribution >= 4 is 17.5 Å². The maximum absolute atomic E-state index is 4.41. The van der Waals surface area contributed by atoms with E-state index in [0.29, 0.717) is 18.3 Å². The first-order valence-electron chi connectivity index (χ1n) is 7.11. The molecule has 22 heavy (non-hydrogen) atoms. The summed E-state index contributed by atoms with van der Waals surface area (Å²) in [7, 11) is 0. The highest BCUT2D eigenvalue weighted by Gasteiger charge is 2.01. The van der Waals surface area contributed by atoms with E-state index in [-0.39, 0.29) is 0 Å². The fourth-order valence-corrected chi connectivity index (χ4v) is 2.11. The second-order valence-electron chi connectivity index (χ2n) is 5.00. The van der Waals surface area contributed by atoms with E-state index in [1.54, 1.807) is 6.20 Å². The van der Waals surface area contributed by atoms with Gasteiger partial charge in [0.2, 0.25) is 5.95 Å². The van der Waals surface area contributed by atoms with Gasteiger partial charge in [-0.15, -0.1) is 5.10 Å². The van der Waals surface area contributed by atoms with Crippen LogP contribution in [0.1, 0.15) is 11.1 Å². The third-order valence-corrected chi connectivity index (χ3v) is 3.14. The SMILES string of the molecule is Cc1cccc(CNc2cnnc(Nc3ccccc3)n2)c1. The summed E-state index contributed by atoms with van der Waals surface area (Å²) in [6.07, 6.45) is 1.62. The minimum atomic E-state index is 0.473. The van der Waals surface area contributed by atoms with E-state index in [0.717, 1.165) is 5.69 Å². The van der Waals surface area contributed by atoms with Crippen LogP contribution in [0.2, 0.25) is 0 Å². The summed E-state index contributed by atoms with van der Waals surface area (Å²) in [4.78, 5) is 4.41. The Bertz CT molecular complexity index is 743. The van der Waals surface area contributed by atoms with Gasteiger partial charge in [0.25, 0.3) is 0 Å². The van der Waals surface area contributed by atoms with Crippen molar-refractivity contribution in [3.8, 4) is 0 Å². The molecule has 2 aromatic carbocycles. The zero-order chi connectivity index (χ0) is 15.2. The van der Waals surface area contributed by atoms with Gasteiger partial charge in [-0.3, -0.25) is 0 Å². The lowest BCUT2D eigenvalue weighted by molar-refractivity contribution is 0.965. The predicted octanol–water partition coefficient (Wildman–Crippen LogP) is 3.54. The Morgan fingerprint density at radius 3 is 2.68 bits per heavy atom. The number of rotatable bonds is 5. The van der Waals surface area contributed by atoms with Crippen molar-refractivity contribution < 1.29 is 0 Å². The molecule has 0 atom stereocenters. The Hall–Kier alpha value is -2.95. The second-order valence-corrected chi connectivity index (χ2v) is 5.00. The second kappa shape index (κ2) is 6.67. The van der Waals surface area contributed by atoms with Crippen LogP contribution >= 0.6 is 0 Å². The number of nitrogens with one attached hydrogen (secondary N) is 2. The van der Waals surface area contributed by atoms with Crippen molar-refractivity contribution in [1.82, 2.24) is 15.2 Å². The van der Waals surface area contributed by atoms with Crippen LogP contribution in [0.4, 0.5) is 17.5 Å². The molecule has 2 N–H and O–H groups in total. The topological polar surface area (TPSA) is 62.7 Å². The molecule has 0 saturated carbocycles. The quantitative estimate of drug-likeness (QED) is 0.753. The third-order valence-electron chi connectivity index (χ3n) is 3.14. The molecule has 3 aromatic rings. The van der Waals surface area contributed by atoms with Gasteiger partial charge >= 0.3 is 0 Å². The lowest BCUT2D eigenvalue weighted by Gasteiger charge is -2.08. The van der Waals surface area contributed by atoms with E-state index in [1.165, 1.54) is 11.1 Å². The molecule has 1 heterocycles. The zero-order valence-electron chi connectivity index (χ0n) is 12.3. The molecule has 0 aliphatic rings. The van der Waals surface area contributed by atoms with Gasteiger partial charge in [0, 0.05) is 12.2 Å². The Labute approximate surface area is 129 Å². The van der Waals surface area contributed by atoms with Gasteiger partial charge in [-0.1, -0.05) is 48.0 Å². The van der Waals surface area contributed by atoms with E-state index >= 15 is 0 Å². The molecule has 1 aromatic heterocycles. The molecule has 5 nitrogen and oxygen atoms in total. The molecule has 0 aliphatic carbocycles. The molecule has 0 fully saturated rings. The number of hydrogen-bond donors (Lipinski definition) is 2. The molecular formula is C17H17N5. The number of benzene rings is 2. The highest BCUT2D eigenvalue weighted by Crippen LogP contribution is 2.13. The lowest BCUT2D eigenvalue weighted by Crippen LogP contribution is -2.05. The Morgan fingerprint density at radius 2 is 1.86 bits per heavy atom. The number of aromatic nitrogens is 3. The summed E-state index contributed by atoms with van der Waals surface area (Å²) >= 11 is 0. The number of para-hydroxylation sites is 1. The number of nitrogens with zero attached hydrogens (tertiary/aromatic N) is 3. The van der Waals surface area contributed by atoms with E-state index in [9.17, 15) is 0 Å². The van der Waals surface area contributed by atoms with Crippen LogP contribution in [-0.2, 0) is 6.54 Å². The molecular weight excluding hydrogens is 274 g/mol. The maximum Gasteiger partial charge on any atom is 0.249 e. The first-order valence-corrected chi connectivity index (χ1v) is 7.11. The van der Waals surface area contributed by atoms with Crippen molar-refractivity contribution in [3.63, 3.8) is 0 Å². The van der Waals surface area contributed by atoms with Crippen LogP contribution < -0.4 is 10.6 Å². The van der Waals surface area contributed by atoms with Crippen molar-refractivity contribution in [2.24, 2.45) is 0 Å². The summed E-state index contributed by atoms with van der Waals surface area (Å²) in [5.74, 6) is 1.16. The van der Waals surface area contributed by atoms with Crippen LogP contribution in [0, 0.1) is 6.92 Å². The molecule has 0 radical (unpaired) electrons. The van der Waals surface area contributed by atoms with E-state index in [2.05, 4.69) is 50.9 Å². The van der Waals surface area contributed by atoms with Crippen LogP contribution in [0.25, 0.3) is 0 Å². The molecule has 0 bridgehead atoms. The summed E-state index contributed by atoms with van der Waals surface area (Å²) in [6.45, 7) is 2.78. The molecule has 0 spiro atoms. The van der Waals surface area contributed by atoms with Crippen molar-refractivity contribution in [2.75, 3.05) is 10.6 Å². The van der Waals surface area contributed by atoms with Gasteiger partial charge in [0.1, 0.15) is 0 Å². The summed E-state index contributed by atoms with van der Waals surface area (Å²) in [6, 6.07) is 18.1. The molecule has 0 amide bonds. The Morgan fingerprint density at radius 1 is 1.00 bits per heavy atom. The van der Waals surface area contributed by atoms with Crippen LogP contribution in [0.3, 0.4) is 0 Å². The molecule has 0 saturated heterocycles. The standard InChI is InChI=1S/C17H17N5/c1-13-6-5-7-14(10-13)11-18-16-12-19-22-17(21-16)20-15-8-3-2-4-9-15/h2-10,12H,11H2,1H3,(H2,18,20,21,22). The summed E-state index contributed by atoms with van der Waals surface area (Å²) < 4.78 is 0. The number of anilines is 3. The van der Waals surface area contributed by atoms with Gasteiger partial charge < -0.3 is 10.6 Å². The molecule has 0 aliphatic heterocycles. The first-order chi connectivity index (χ1) is 10.8. The van der Waals surface area contributed by atoms with Gasteiger partial charge in [-0.05, 0) is 24.6 Å². The average molecular weight is 291 g/mol. The Balaban J connectivity index is 1.66. The number of hydrogen-bond acceptors (Lipinski definition) is 5. The van der Waals surface area contributed by atoms with Crippen molar-refractivity contribution in [1.29, 1.82) is 0 Å². The van der Waals surface area contributed by atoms with Crippen LogP contribution in [0.5, 0.6) is 0 Å². The van der Waals surface area contributed by atoms with Gasteiger partial charge in [-0.2, -0.15) is 10.1 Å². The largest absolute Gasteiger partial charge is 0.365 e. The van der Waals surface area contributed by atoms with Gasteiger partial charge in [0.15, 0.2) is 5.82 Å². The minimum absolute atomic E-state index is 0.473. The monoisotopic (exact) mass is 291 g/mol. The highest BCUT2D eigenvalue weighted by atomic mass is 15.3. The lowest BCUT2D eigenvalue weighted by atomic mass is 10.1. The molecule has 0 unspecified atom stereocenters. The van der Waals surface area contributed by atoms with Crippen LogP contribution in [0.15, 0.2) is 60.8 Å². The normalized spacial score (nSPS) is 10.2. The van der Waals surface area contributed by atoms with E-state index in [4.69, 9.17) is 0 Å². The molecule has 110 valence electrons. The average Bonchev–Trinajstić information content (AvgIpc) is 2.54. The van der Waals surface area contributed by atoms with Crippen molar-refractivity contribution in [2.45, 2.75) is 13.5 Å². The fourth-order valence-electron chi connectivity index (χ4n) is 2.11. The highest BCUT2D eigenvalue weighted by molar-refractivity contribution is 5.53. The number of aryl methyl sites for hydroxylation is 1. The van der Waals surface area contributed by atoms with Crippen LogP contribution in [-0.4, -0.2) is 15.2 Å². The minimum Gasteiger partial charge on any atom is -0.365 e. The van der Waals surface area contributed by atoms with E-state index < -0.39 is 0 Å². The molecule has 3 rings (SSSR count). The maximum atomic E-state index is 4.41. The molecule has 5 heteroatoms. The first kappa shape index (κ1) is 14.0.